The average Bonchev–Trinajstić information content (AvgIpc) is 3.33. The number of nitrogens with one attached hydrogen (secondary N) is 2. The minimum atomic E-state index is -5.02. The first kappa shape index (κ1) is 23.2. The highest BCUT2D eigenvalue weighted by atomic mass is 32.2. The van der Waals surface area contributed by atoms with Crippen LogP contribution in [-0.2, 0) is 31.4 Å². The Balaban J connectivity index is 1.71. The maximum atomic E-state index is 12.5. The number of esters is 1. The van der Waals surface area contributed by atoms with Gasteiger partial charge in [0.25, 0.3) is 0 Å². The quantitative estimate of drug-likeness (QED) is 0.380. The number of para-hydroxylation sites is 1. The van der Waals surface area contributed by atoms with Gasteiger partial charge in [0.2, 0.25) is 10.0 Å². The maximum Gasteiger partial charge on any atom is 0.490 e. The van der Waals surface area contributed by atoms with Crippen LogP contribution >= 0.6 is 0 Å². The van der Waals surface area contributed by atoms with Crippen LogP contribution in [0.4, 0.5) is 18.9 Å². The number of alkyl halides is 3. The van der Waals surface area contributed by atoms with E-state index in [0.717, 1.165) is 41.2 Å². The molecule has 2 aromatic carbocycles. The van der Waals surface area contributed by atoms with Gasteiger partial charge in [-0.3, -0.25) is 4.72 Å². The monoisotopic (exact) mass is 480 g/mol. The molecule has 33 heavy (non-hydrogen) atoms. The predicted molar refractivity (Wildman–Crippen MR) is 119 cm³/mol. The summed E-state index contributed by atoms with van der Waals surface area (Å²) < 4.78 is 67.9. The van der Waals surface area contributed by atoms with Crippen LogP contribution in [0.1, 0.15) is 36.0 Å². The third-order valence-corrected chi connectivity index (χ3v) is 6.68. The number of benzene rings is 2. The Hall–Kier alpha value is -3.01. The molecule has 176 valence electrons. The molecule has 6 nitrogen and oxygen atoms in total. The lowest BCUT2D eigenvalue weighted by Crippen LogP contribution is -2.28. The predicted octanol–water partition coefficient (Wildman–Crippen LogP) is 4.66. The number of carbonyl (C=O) groups excluding carboxylic acids is 1. The first-order chi connectivity index (χ1) is 15.5. The van der Waals surface area contributed by atoms with Crippen LogP contribution in [0.2, 0.25) is 0 Å². The number of H-pyrrole nitrogens is 1. The number of ether oxygens (including phenoxy) is 1. The summed E-state index contributed by atoms with van der Waals surface area (Å²) >= 11 is 0. The molecule has 4 rings (SSSR count). The van der Waals surface area contributed by atoms with E-state index in [1.54, 1.807) is 12.1 Å². The van der Waals surface area contributed by atoms with Gasteiger partial charge in [0.05, 0.1) is 24.1 Å². The first-order valence-electron chi connectivity index (χ1n) is 10.4. The number of fused-ring (bicyclic) bond motifs is 2. The van der Waals surface area contributed by atoms with E-state index in [4.69, 9.17) is 0 Å². The van der Waals surface area contributed by atoms with Crippen LogP contribution in [0.25, 0.3) is 10.9 Å². The second-order valence-electron chi connectivity index (χ2n) is 8.28. The molecule has 1 atom stereocenters. The van der Waals surface area contributed by atoms with Crippen molar-refractivity contribution in [3.05, 3.63) is 65.4 Å². The fourth-order valence-corrected chi connectivity index (χ4v) is 5.39. The van der Waals surface area contributed by atoms with E-state index in [2.05, 4.69) is 14.4 Å². The van der Waals surface area contributed by atoms with Crippen molar-refractivity contribution in [3.63, 3.8) is 0 Å². The van der Waals surface area contributed by atoms with E-state index in [1.807, 2.05) is 36.5 Å². The lowest BCUT2D eigenvalue weighted by molar-refractivity contribution is -0.199. The Morgan fingerprint density at radius 1 is 1.15 bits per heavy atom. The summed E-state index contributed by atoms with van der Waals surface area (Å²) in [5.41, 5.74) is 3.70. The number of aromatic nitrogens is 1. The summed E-state index contributed by atoms with van der Waals surface area (Å²) in [5.74, 6) is -2.19. The number of rotatable bonds is 7. The topological polar surface area (TPSA) is 88.3 Å². The van der Waals surface area contributed by atoms with Gasteiger partial charge in [-0.05, 0) is 48.4 Å². The molecule has 1 aliphatic rings. The zero-order chi connectivity index (χ0) is 23.9. The Kier molecular flexibility index (Phi) is 5.90. The number of halogens is 3. The van der Waals surface area contributed by atoms with Crippen LogP contribution in [0.15, 0.2) is 48.7 Å². The van der Waals surface area contributed by atoms with Crippen LogP contribution in [0.5, 0.6) is 0 Å². The normalized spacial score (nSPS) is 18.3. The molecule has 2 N–H and O–H groups in total. The molecule has 0 radical (unpaired) electrons. The van der Waals surface area contributed by atoms with Crippen LogP contribution in [-0.4, -0.2) is 38.4 Å². The molecule has 1 unspecified atom stereocenters. The number of aryl methyl sites for hydroxylation is 1. The summed E-state index contributed by atoms with van der Waals surface area (Å²) in [6, 6.07) is 13.2. The SMILES string of the molecule is CS(=O)(=O)Nc1cccc2c(C3(CCCOC(=O)C(F)(F)F)CCc4ccccc43)c[nH]c12. The number of aromatic amines is 1. The van der Waals surface area contributed by atoms with E-state index < -0.39 is 27.6 Å². The minimum absolute atomic E-state index is 0.240. The summed E-state index contributed by atoms with van der Waals surface area (Å²) in [4.78, 5) is 14.3. The van der Waals surface area contributed by atoms with Crippen molar-refractivity contribution < 1.29 is 31.1 Å². The molecule has 0 fully saturated rings. The number of carbonyl (C=O) groups is 1. The molecule has 0 saturated carbocycles. The molecule has 1 aromatic heterocycles. The number of sulfonamides is 1. The lowest BCUT2D eigenvalue weighted by atomic mass is 9.72. The average molecular weight is 481 g/mol. The highest BCUT2D eigenvalue weighted by Crippen LogP contribution is 2.49. The molecule has 1 heterocycles. The molecule has 1 aliphatic carbocycles. The van der Waals surface area contributed by atoms with Gasteiger partial charge in [0.15, 0.2) is 0 Å². The summed E-state index contributed by atoms with van der Waals surface area (Å²) in [5, 5.41) is 0.827. The van der Waals surface area contributed by atoms with Crippen molar-refractivity contribution in [2.24, 2.45) is 0 Å². The molecule has 3 aromatic rings. The molecule has 0 saturated heterocycles. The van der Waals surface area contributed by atoms with E-state index >= 15 is 0 Å². The number of anilines is 1. The van der Waals surface area contributed by atoms with Gasteiger partial charge in [-0.1, -0.05) is 36.4 Å². The summed E-state index contributed by atoms with van der Waals surface area (Å²) in [6.45, 7) is -0.342. The first-order valence-corrected chi connectivity index (χ1v) is 12.3. The molecule has 10 heteroatoms. The van der Waals surface area contributed by atoms with Crippen molar-refractivity contribution >= 4 is 32.6 Å². The van der Waals surface area contributed by atoms with E-state index in [-0.39, 0.29) is 13.0 Å². The lowest BCUT2D eigenvalue weighted by Gasteiger charge is -2.31. The van der Waals surface area contributed by atoms with E-state index in [0.29, 0.717) is 17.6 Å². The van der Waals surface area contributed by atoms with Crippen LogP contribution in [0, 0.1) is 0 Å². The molecular formula is C23H23F3N2O4S. The number of hydrogen-bond acceptors (Lipinski definition) is 4. The molecule has 0 aliphatic heterocycles. The minimum Gasteiger partial charge on any atom is -0.459 e. The third-order valence-electron chi connectivity index (χ3n) is 6.09. The van der Waals surface area contributed by atoms with E-state index in [1.165, 1.54) is 0 Å². The van der Waals surface area contributed by atoms with Crippen molar-refractivity contribution in [2.75, 3.05) is 17.6 Å². The van der Waals surface area contributed by atoms with Gasteiger partial charge < -0.3 is 9.72 Å². The van der Waals surface area contributed by atoms with Crippen molar-refractivity contribution in [3.8, 4) is 0 Å². The highest BCUT2D eigenvalue weighted by molar-refractivity contribution is 7.92. The van der Waals surface area contributed by atoms with Crippen molar-refractivity contribution in [2.45, 2.75) is 37.3 Å². The smallest absolute Gasteiger partial charge is 0.459 e. The van der Waals surface area contributed by atoms with Gasteiger partial charge in [-0.15, -0.1) is 0 Å². The third kappa shape index (κ3) is 4.57. The van der Waals surface area contributed by atoms with Crippen LogP contribution in [0.3, 0.4) is 0 Å². The second-order valence-corrected chi connectivity index (χ2v) is 10.0. The van der Waals surface area contributed by atoms with Crippen LogP contribution < -0.4 is 4.72 Å². The van der Waals surface area contributed by atoms with Gasteiger partial charge >= 0.3 is 12.1 Å². The zero-order valence-corrected chi connectivity index (χ0v) is 18.6. The van der Waals surface area contributed by atoms with Gasteiger partial charge in [-0.25, -0.2) is 13.2 Å². The van der Waals surface area contributed by atoms with Gasteiger partial charge in [0, 0.05) is 17.0 Å². The number of hydrogen-bond donors (Lipinski definition) is 2. The second kappa shape index (κ2) is 8.40. The molecule has 0 amide bonds. The fraction of sp³-hybridized carbons (Fsp3) is 0.348. The summed E-state index contributed by atoms with van der Waals surface area (Å²) in [6.07, 6.45) is 0.130. The molecule has 0 spiro atoms. The molecular weight excluding hydrogens is 457 g/mol. The Labute approximate surface area is 189 Å². The van der Waals surface area contributed by atoms with E-state index in [9.17, 15) is 26.4 Å². The standard InChI is InChI=1S/C23H23F3N2O4S/c1-33(30,31)28-19-9-4-7-16-18(14-27-20(16)19)22(11-5-13-32-21(29)23(24,25)26)12-10-15-6-2-3-8-17(15)22/h2-4,6-9,14,27-28H,5,10-13H2,1H3. The zero-order valence-electron chi connectivity index (χ0n) is 17.8. The summed E-state index contributed by atoms with van der Waals surface area (Å²) in [7, 11) is -3.49. The highest BCUT2D eigenvalue weighted by Gasteiger charge is 2.43. The van der Waals surface area contributed by atoms with Gasteiger partial charge in [-0.2, -0.15) is 13.2 Å². The Morgan fingerprint density at radius 3 is 2.64 bits per heavy atom. The largest absolute Gasteiger partial charge is 0.490 e. The Morgan fingerprint density at radius 2 is 1.91 bits per heavy atom. The van der Waals surface area contributed by atoms with Gasteiger partial charge in [0.1, 0.15) is 0 Å². The molecule has 0 bridgehead atoms. The van der Waals surface area contributed by atoms with Crippen molar-refractivity contribution in [1.82, 2.24) is 4.98 Å². The maximum absolute atomic E-state index is 12.5. The van der Waals surface area contributed by atoms with Crippen molar-refractivity contribution in [1.29, 1.82) is 0 Å². The Bertz CT molecular complexity index is 1300. The fourth-order valence-electron chi connectivity index (χ4n) is 4.82.